The van der Waals surface area contributed by atoms with E-state index >= 15 is 0 Å². The van der Waals surface area contributed by atoms with Crippen LogP contribution in [0.3, 0.4) is 0 Å². The maximum Gasteiger partial charge on any atom is 0.304 e. The fraction of sp³-hybridized carbons (Fsp3) is 0.833. The number of carbonyl (C=O) groups is 1. The van der Waals surface area contributed by atoms with Crippen LogP contribution < -0.4 is 11.3 Å². The molecular formula is C6H12N4O3. The van der Waals surface area contributed by atoms with E-state index in [-0.39, 0.29) is 0 Å². The Morgan fingerprint density at radius 3 is 2.23 bits per heavy atom. The fourth-order valence-corrected chi connectivity index (χ4v) is 0.879. The predicted octanol–water partition coefficient (Wildman–Crippen LogP) is -0.0977. The number of rotatable bonds is 5. The smallest absolute Gasteiger partial charge is 0.271 e. The van der Waals surface area contributed by atoms with Crippen LogP contribution in [0.15, 0.2) is 10.4 Å². The molecule has 3 unspecified atom stereocenters. The summed E-state index contributed by atoms with van der Waals surface area (Å²) in [5.74, 6) is 3.64. The Labute approximate surface area is 75.0 Å². The molecule has 74 valence electrons. The van der Waals surface area contributed by atoms with E-state index in [9.17, 15) is 14.6 Å². The van der Waals surface area contributed by atoms with Crippen LogP contribution >= 0.6 is 0 Å². The maximum atomic E-state index is 10.8. The molecule has 0 aromatic heterocycles. The first-order valence-corrected chi connectivity index (χ1v) is 3.74. The van der Waals surface area contributed by atoms with Crippen molar-refractivity contribution in [3.8, 4) is 0 Å². The van der Waals surface area contributed by atoms with Crippen molar-refractivity contribution in [1.82, 2.24) is 5.43 Å². The highest BCUT2D eigenvalue weighted by Gasteiger charge is 2.29. The highest BCUT2D eigenvalue weighted by Crippen LogP contribution is 2.12. The molecule has 1 amide bonds. The van der Waals surface area contributed by atoms with Crippen molar-refractivity contribution in [3.05, 3.63) is 9.81 Å². The van der Waals surface area contributed by atoms with Gasteiger partial charge in [0.2, 0.25) is 0 Å². The van der Waals surface area contributed by atoms with E-state index in [1.807, 2.05) is 0 Å². The number of nitrogens with zero attached hydrogens (tertiary/aromatic N) is 2. The van der Waals surface area contributed by atoms with Crippen LogP contribution in [-0.2, 0) is 4.79 Å². The number of nitrogens with two attached hydrogens (primary N) is 1. The van der Waals surface area contributed by atoms with Gasteiger partial charge in [-0.05, 0) is 6.92 Å². The molecule has 13 heavy (non-hydrogen) atoms. The Morgan fingerprint density at radius 1 is 1.38 bits per heavy atom. The number of carbonyl (C=O) groups excluding carboxylic acids is 1. The van der Waals surface area contributed by atoms with Crippen molar-refractivity contribution in [1.29, 1.82) is 0 Å². The molecule has 0 aromatic rings. The Balaban J connectivity index is 4.47. The molecule has 0 fully saturated rings. The molecule has 0 aliphatic rings. The second-order valence-electron chi connectivity index (χ2n) is 2.78. The molecule has 0 aromatic carbocycles. The fourth-order valence-electron chi connectivity index (χ4n) is 0.879. The molecule has 3 N–H and O–H groups in total. The summed E-state index contributed by atoms with van der Waals surface area (Å²) in [6.45, 7) is 3.11. The minimum absolute atomic E-state index is 0.465. The molecule has 0 aliphatic carbocycles. The molecule has 0 saturated heterocycles. The van der Waals surface area contributed by atoms with Crippen LogP contribution in [0.25, 0.3) is 0 Å². The second kappa shape index (κ2) is 5.44. The van der Waals surface area contributed by atoms with Crippen LogP contribution in [0.4, 0.5) is 0 Å². The molecular weight excluding hydrogens is 176 g/mol. The molecule has 0 aliphatic heterocycles. The van der Waals surface area contributed by atoms with Crippen molar-refractivity contribution in [2.45, 2.75) is 25.9 Å². The quantitative estimate of drug-likeness (QED) is 0.355. The van der Waals surface area contributed by atoms with Gasteiger partial charge in [-0.1, -0.05) is 12.1 Å². The largest absolute Gasteiger partial charge is 0.304 e. The van der Waals surface area contributed by atoms with Gasteiger partial charge in [0.05, 0.1) is 6.04 Å². The zero-order valence-corrected chi connectivity index (χ0v) is 7.43. The lowest BCUT2D eigenvalue weighted by Crippen LogP contribution is -2.47. The first-order chi connectivity index (χ1) is 6.08. The van der Waals surface area contributed by atoms with Crippen molar-refractivity contribution < 1.29 is 4.79 Å². The van der Waals surface area contributed by atoms with Crippen molar-refractivity contribution >= 4 is 5.91 Å². The molecule has 0 bridgehead atoms. The molecule has 3 atom stereocenters. The average Bonchev–Trinajstić information content (AvgIpc) is 2.17. The third kappa shape index (κ3) is 2.96. The first-order valence-electron chi connectivity index (χ1n) is 3.74. The van der Waals surface area contributed by atoms with E-state index in [2.05, 4.69) is 15.8 Å². The van der Waals surface area contributed by atoms with E-state index in [0.29, 0.717) is 0 Å². The zero-order chi connectivity index (χ0) is 10.4. The Hall–Kier alpha value is -1.21. The van der Waals surface area contributed by atoms with Gasteiger partial charge in [-0.3, -0.25) is 10.6 Å². The van der Waals surface area contributed by atoms with Crippen LogP contribution in [0.5, 0.6) is 0 Å². The monoisotopic (exact) mass is 188 g/mol. The summed E-state index contributed by atoms with van der Waals surface area (Å²) in [5, 5.41) is 4.95. The number of amides is 1. The van der Waals surface area contributed by atoms with Crippen LogP contribution in [0.1, 0.15) is 13.8 Å². The van der Waals surface area contributed by atoms with Gasteiger partial charge in [0.25, 0.3) is 0 Å². The van der Waals surface area contributed by atoms with E-state index in [4.69, 9.17) is 5.84 Å². The standard InChI is InChI=1S/C6H12N4O3/c1-3(4(2)9-12)5(8-7)6(11)10-13/h3-5,8H,7H2,1-2H3. The lowest BCUT2D eigenvalue weighted by molar-refractivity contribution is -0.121. The lowest BCUT2D eigenvalue weighted by atomic mass is 9.95. The third-order valence-electron chi connectivity index (χ3n) is 1.99. The Bertz CT molecular complexity index is 208. The highest BCUT2D eigenvalue weighted by atomic mass is 16.3. The Morgan fingerprint density at radius 2 is 1.92 bits per heavy atom. The lowest BCUT2D eigenvalue weighted by Gasteiger charge is -2.20. The van der Waals surface area contributed by atoms with E-state index in [1.165, 1.54) is 6.92 Å². The van der Waals surface area contributed by atoms with Crippen molar-refractivity contribution in [3.63, 3.8) is 0 Å². The van der Waals surface area contributed by atoms with Crippen molar-refractivity contribution in [2.75, 3.05) is 0 Å². The summed E-state index contributed by atoms with van der Waals surface area (Å²) in [7, 11) is 0. The van der Waals surface area contributed by atoms with Gasteiger partial charge in [0.1, 0.15) is 6.04 Å². The normalized spacial score (nSPS) is 17.2. The molecule has 0 saturated carbocycles. The number of hydrazine groups is 1. The van der Waals surface area contributed by atoms with Gasteiger partial charge in [0, 0.05) is 11.1 Å². The molecule has 0 rings (SSSR count). The van der Waals surface area contributed by atoms with Gasteiger partial charge in [-0.2, -0.15) is 4.91 Å². The summed E-state index contributed by atoms with van der Waals surface area (Å²) < 4.78 is 0. The summed E-state index contributed by atoms with van der Waals surface area (Å²) in [5.41, 5.74) is 2.13. The van der Waals surface area contributed by atoms with Gasteiger partial charge < -0.3 is 0 Å². The van der Waals surface area contributed by atoms with Gasteiger partial charge in [-0.25, -0.2) is 5.43 Å². The SMILES string of the molecule is CC(N=O)C(C)C(NN)C(=O)N=O. The molecule has 0 radical (unpaired) electrons. The number of hydrogen-bond donors (Lipinski definition) is 2. The summed E-state index contributed by atoms with van der Waals surface area (Å²) in [4.78, 5) is 30.9. The van der Waals surface area contributed by atoms with Gasteiger partial charge in [0.15, 0.2) is 0 Å². The minimum atomic E-state index is -0.954. The third-order valence-corrected chi connectivity index (χ3v) is 1.99. The van der Waals surface area contributed by atoms with Gasteiger partial charge in [-0.15, -0.1) is 4.91 Å². The Kier molecular flexibility index (Phi) is 4.93. The summed E-state index contributed by atoms with van der Waals surface area (Å²) in [6, 6.07) is -1.56. The van der Waals surface area contributed by atoms with E-state index in [0.717, 1.165) is 0 Å². The van der Waals surface area contributed by atoms with Crippen molar-refractivity contribution in [2.24, 2.45) is 22.1 Å². The average molecular weight is 188 g/mol. The minimum Gasteiger partial charge on any atom is -0.271 e. The number of nitrogens with one attached hydrogen (secondary N) is 1. The summed E-state index contributed by atoms with van der Waals surface area (Å²) >= 11 is 0. The molecule has 7 heteroatoms. The zero-order valence-electron chi connectivity index (χ0n) is 7.43. The molecule has 0 heterocycles. The van der Waals surface area contributed by atoms with Gasteiger partial charge >= 0.3 is 5.91 Å². The summed E-state index contributed by atoms with van der Waals surface area (Å²) in [6.07, 6.45) is 0. The van der Waals surface area contributed by atoms with E-state index in [1.54, 1.807) is 6.92 Å². The number of nitroso groups, excluding NO2 is 2. The van der Waals surface area contributed by atoms with Crippen LogP contribution in [0.2, 0.25) is 0 Å². The topological polar surface area (TPSA) is 114 Å². The van der Waals surface area contributed by atoms with E-state index < -0.39 is 23.9 Å². The molecule has 0 spiro atoms. The maximum absolute atomic E-state index is 10.8. The molecule has 7 nitrogen and oxygen atoms in total. The first kappa shape index (κ1) is 11.8. The number of hydrogen-bond acceptors (Lipinski definition) is 6. The second-order valence-corrected chi connectivity index (χ2v) is 2.78. The van der Waals surface area contributed by atoms with Crippen LogP contribution in [0, 0.1) is 15.7 Å². The highest BCUT2D eigenvalue weighted by molar-refractivity contribution is 5.82. The predicted molar refractivity (Wildman–Crippen MR) is 46.3 cm³/mol. The van der Waals surface area contributed by atoms with Crippen LogP contribution in [-0.4, -0.2) is 18.0 Å².